The first-order valence-electron chi connectivity index (χ1n) is 1.23. The van der Waals surface area contributed by atoms with Gasteiger partial charge in [0.1, 0.15) is 0 Å². The summed E-state index contributed by atoms with van der Waals surface area (Å²) < 4.78 is 54.4. The summed E-state index contributed by atoms with van der Waals surface area (Å²) in [4.78, 5) is 0. The van der Waals surface area contributed by atoms with Crippen LogP contribution < -0.4 is 0 Å². The molecule has 0 rings (SSSR count). The maximum atomic E-state index is 8.74. The van der Waals surface area contributed by atoms with E-state index in [-0.39, 0.29) is 29.6 Å². The molecule has 0 spiro atoms. The molecule has 0 radical (unpaired) electrons. The fourth-order valence-corrected chi connectivity index (χ4v) is 0. The van der Waals surface area contributed by atoms with Gasteiger partial charge in [-0.05, 0) is 0 Å². The molecule has 4 N–H and O–H groups in total. The zero-order valence-corrected chi connectivity index (χ0v) is 5.46. The molecule has 0 atom stereocenters. The molecule has 0 aliphatic carbocycles. The van der Waals surface area contributed by atoms with Gasteiger partial charge in [-0.15, -0.1) is 0 Å². The first-order valence-corrected chi connectivity index (χ1v) is 3.69. The van der Waals surface area contributed by atoms with Gasteiger partial charge >= 0.3 is 40.0 Å². The van der Waals surface area contributed by atoms with E-state index in [1.807, 2.05) is 0 Å². The van der Waals surface area contributed by atoms with E-state index < -0.39 is 21.8 Å². The maximum absolute atomic E-state index is 8.74. The Morgan fingerprint density at radius 3 is 1.10 bits per heavy atom. The van der Waals surface area contributed by atoms with E-state index in [0.717, 1.165) is 0 Å². The second-order valence-electron chi connectivity index (χ2n) is 0.679. The van der Waals surface area contributed by atoms with Gasteiger partial charge in [-0.2, -0.15) is 12.6 Å². The molecule has 0 aromatic heterocycles. The van der Waals surface area contributed by atoms with Gasteiger partial charge in [0.15, 0.2) is 0 Å². The second kappa shape index (κ2) is 8.04. The first-order chi connectivity index (χ1) is 3.73. The molecular weight excluding hydrogens is 199 g/mol. The van der Waals surface area contributed by atoms with Gasteiger partial charge in [-0.25, -0.2) is 0 Å². The molecule has 0 aromatic carbocycles. The zero-order chi connectivity index (χ0) is 8.08. The van der Waals surface area contributed by atoms with Crippen molar-refractivity contribution in [2.24, 2.45) is 0 Å². The van der Waals surface area contributed by atoms with E-state index in [9.17, 15) is 0 Å². The Kier molecular flexibility index (Phi) is 13.8. The number of hydrogen-bond acceptors (Lipinski definition) is 3. The minimum absolute atomic E-state index is 0. The monoisotopic (exact) mass is 204 g/mol. The van der Waals surface area contributed by atoms with Crippen molar-refractivity contribution in [2.75, 3.05) is 0 Å². The molecule has 0 aliphatic rings. The minimum atomic E-state index is -4.67. The summed E-state index contributed by atoms with van der Waals surface area (Å²) in [6.45, 7) is 0. The fourth-order valence-electron chi connectivity index (χ4n) is 0. The standard InChI is InChI=1S/Na.H2O4S.H2O3S.H/c;1-5(2,3)4;1-4(2)3;/h;(H2,1,2,3,4);(H2,1,2,3);. The SMILES string of the molecule is O=S(=O)(O)O.O=S(O)O.[NaH]. The van der Waals surface area contributed by atoms with Crippen LogP contribution >= 0.6 is 0 Å². The summed E-state index contributed by atoms with van der Waals surface area (Å²) in [5.41, 5.74) is 0. The van der Waals surface area contributed by atoms with Crippen LogP contribution in [0.5, 0.6) is 0 Å². The predicted octanol–water partition coefficient (Wildman–Crippen LogP) is -1.62. The quantitative estimate of drug-likeness (QED) is 0.212. The third kappa shape index (κ3) is 638. The molecule has 0 unspecified atom stereocenters. The van der Waals surface area contributed by atoms with E-state index in [1.54, 1.807) is 0 Å². The third-order valence-electron chi connectivity index (χ3n) is 0. The molecular formula is H5NaO7S2. The van der Waals surface area contributed by atoms with Crippen molar-refractivity contribution in [1.29, 1.82) is 0 Å². The summed E-state index contributed by atoms with van der Waals surface area (Å²) >= 11 is -2.61. The van der Waals surface area contributed by atoms with Crippen LogP contribution in [-0.4, -0.2) is 60.4 Å². The van der Waals surface area contributed by atoms with Crippen molar-refractivity contribution in [3.63, 3.8) is 0 Å². The Morgan fingerprint density at radius 2 is 1.10 bits per heavy atom. The van der Waals surface area contributed by atoms with Crippen LogP contribution in [0.25, 0.3) is 0 Å². The summed E-state index contributed by atoms with van der Waals surface area (Å²) in [6.07, 6.45) is 0. The van der Waals surface area contributed by atoms with E-state index in [0.29, 0.717) is 0 Å². The topological polar surface area (TPSA) is 132 Å². The summed E-state index contributed by atoms with van der Waals surface area (Å²) in [7, 11) is -4.67. The van der Waals surface area contributed by atoms with Gasteiger partial charge in [0.2, 0.25) is 0 Å². The van der Waals surface area contributed by atoms with Crippen LogP contribution in [0.1, 0.15) is 0 Å². The van der Waals surface area contributed by atoms with E-state index in [2.05, 4.69) is 0 Å². The van der Waals surface area contributed by atoms with Crippen LogP contribution in [0.15, 0.2) is 0 Å². The molecule has 0 bridgehead atoms. The first kappa shape index (κ1) is 17.1. The number of hydrogen-bond donors (Lipinski definition) is 4. The van der Waals surface area contributed by atoms with E-state index in [4.69, 9.17) is 30.8 Å². The van der Waals surface area contributed by atoms with Gasteiger partial charge in [-0.3, -0.25) is 18.2 Å². The van der Waals surface area contributed by atoms with Gasteiger partial charge in [0, 0.05) is 0 Å². The van der Waals surface area contributed by atoms with Gasteiger partial charge in [-0.1, -0.05) is 0 Å². The van der Waals surface area contributed by atoms with Crippen LogP contribution in [0.2, 0.25) is 0 Å². The molecule has 0 fully saturated rings. The summed E-state index contributed by atoms with van der Waals surface area (Å²) in [5.74, 6) is 0. The molecule has 7 nitrogen and oxygen atoms in total. The van der Waals surface area contributed by atoms with Gasteiger partial charge < -0.3 is 0 Å². The van der Waals surface area contributed by atoms with Gasteiger partial charge in [0.25, 0.3) is 11.4 Å². The van der Waals surface area contributed by atoms with Crippen molar-refractivity contribution in [3.8, 4) is 0 Å². The molecule has 0 saturated heterocycles. The van der Waals surface area contributed by atoms with Crippen LogP contribution in [0.3, 0.4) is 0 Å². The molecule has 0 aromatic rings. The molecule has 10 heteroatoms. The summed E-state index contributed by atoms with van der Waals surface area (Å²) in [5, 5.41) is 0. The summed E-state index contributed by atoms with van der Waals surface area (Å²) in [6, 6.07) is 0. The van der Waals surface area contributed by atoms with Crippen molar-refractivity contribution in [1.82, 2.24) is 0 Å². The molecule has 0 aliphatic heterocycles. The van der Waals surface area contributed by atoms with Crippen molar-refractivity contribution >= 4 is 51.3 Å². The van der Waals surface area contributed by atoms with Crippen molar-refractivity contribution in [2.45, 2.75) is 0 Å². The van der Waals surface area contributed by atoms with Crippen LogP contribution in [0, 0.1) is 0 Å². The Balaban J connectivity index is -0.0000000910. The van der Waals surface area contributed by atoms with E-state index >= 15 is 0 Å². The normalized spacial score (nSPS) is 9.30. The van der Waals surface area contributed by atoms with Crippen molar-refractivity contribution in [3.05, 3.63) is 0 Å². The Bertz CT molecular complexity index is 154. The van der Waals surface area contributed by atoms with Crippen LogP contribution in [-0.2, 0) is 21.8 Å². The number of rotatable bonds is 0. The fraction of sp³-hybridized carbons (Fsp3) is 0. The average molecular weight is 204 g/mol. The second-order valence-corrected chi connectivity index (χ2v) is 2.04. The molecule has 60 valence electrons. The van der Waals surface area contributed by atoms with Crippen LogP contribution in [0.4, 0.5) is 0 Å². The molecule has 0 heterocycles. The van der Waals surface area contributed by atoms with E-state index in [1.165, 1.54) is 0 Å². The average Bonchev–Trinajstić information content (AvgIpc) is 1.19. The zero-order valence-electron chi connectivity index (χ0n) is 3.83. The Labute approximate surface area is 81.8 Å². The third-order valence-corrected chi connectivity index (χ3v) is 0. The predicted molar refractivity (Wildman–Crippen MR) is 34.7 cm³/mol. The molecule has 0 amide bonds. The molecule has 0 saturated carbocycles. The Hall–Kier alpha value is 0.940. The molecule has 10 heavy (non-hydrogen) atoms. The van der Waals surface area contributed by atoms with Gasteiger partial charge in [0.05, 0.1) is 0 Å². The Morgan fingerprint density at radius 1 is 1.10 bits per heavy atom. The van der Waals surface area contributed by atoms with Crippen molar-refractivity contribution < 1.29 is 30.8 Å².